The van der Waals surface area contributed by atoms with Crippen LogP contribution in [-0.4, -0.2) is 44.0 Å². The van der Waals surface area contributed by atoms with Gasteiger partial charge in [0.05, 0.1) is 23.0 Å². The summed E-state index contributed by atoms with van der Waals surface area (Å²) in [7, 11) is 0. The van der Waals surface area contributed by atoms with Crippen molar-refractivity contribution in [3.63, 3.8) is 0 Å². The third kappa shape index (κ3) is 3.11. The number of nitrogens with zero attached hydrogens (tertiary/aromatic N) is 2. The Hall–Kier alpha value is -4.28. The van der Waals surface area contributed by atoms with E-state index in [-0.39, 0.29) is 23.0 Å². The molecular formula is C17H13N7O4. The van der Waals surface area contributed by atoms with Crippen LogP contribution in [0.2, 0.25) is 0 Å². The number of anilines is 1. The number of hydrogen-bond acceptors (Lipinski definition) is 6. The fourth-order valence-corrected chi connectivity index (χ4v) is 2.77. The number of fused-ring (bicyclic) bond motifs is 2. The lowest BCUT2D eigenvalue weighted by molar-refractivity contribution is -0.115. The van der Waals surface area contributed by atoms with Gasteiger partial charge in [-0.25, -0.2) is 0 Å². The van der Waals surface area contributed by atoms with E-state index in [1.165, 1.54) is 12.1 Å². The van der Waals surface area contributed by atoms with Crippen molar-refractivity contribution in [1.82, 2.24) is 30.9 Å². The number of H-pyrrole nitrogens is 3. The molecule has 11 heteroatoms. The molecule has 4 aromatic rings. The van der Waals surface area contributed by atoms with Crippen LogP contribution in [-0.2, 0) is 4.79 Å². The number of hydrogen-bond donors (Lipinski definition) is 5. The van der Waals surface area contributed by atoms with Gasteiger partial charge < -0.3 is 10.6 Å². The SMILES string of the molecule is O=C(CNC(=O)c1ccc2n[nH]nc2c1)Nc1cccc2c(=O)[nH][nH]c(=O)c12. The van der Waals surface area contributed by atoms with Crippen molar-refractivity contribution in [3.8, 4) is 0 Å². The second-order valence-corrected chi connectivity index (χ2v) is 5.89. The molecule has 0 atom stereocenters. The third-order valence-corrected chi connectivity index (χ3v) is 4.09. The molecule has 0 radical (unpaired) electrons. The second-order valence-electron chi connectivity index (χ2n) is 5.89. The molecule has 2 amide bonds. The number of amides is 2. The molecule has 0 aliphatic heterocycles. The normalized spacial score (nSPS) is 10.9. The summed E-state index contributed by atoms with van der Waals surface area (Å²) < 4.78 is 0. The number of nitrogens with one attached hydrogen (secondary N) is 5. The fraction of sp³-hybridized carbons (Fsp3) is 0.0588. The maximum Gasteiger partial charge on any atom is 0.272 e. The number of aromatic amines is 3. The summed E-state index contributed by atoms with van der Waals surface area (Å²) in [4.78, 5) is 48.3. The molecule has 0 saturated heterocycles. The number of carbonyl (C=O) groups is 2. The summed E-state index contributed by atoms with van der Waals surface area (Å²) in [6.45, 7) is -0.326. The van der Waals surface area contributed by atoms with Crippen LogP contribution in [0.4, 0.5) is 5.69 Å². The van der Waals surface area contributed by atoms with Gasteiger partial charge in [-0.15, -0.1) is 0 Å². The van der Waals surface area contributed by atoms with Crippen LogP contribution in [0.3, 0.4) is 0 Å². The molecule has 11 nitrogen and oxygen atoms in total. The van der Waals surface area contributed by atoms with E-state index >= 15 is 0 Å². The average Bonchev–Trinajstić information content (AvgIpc) is 3.17. The van der Waals surface area contributed by atoms with Gasteiger partial charge in [0.1, 0.15) is 11.0 Å². The molecule has 5 N–H and O–H groups in total. The summed E-state index contributed by atoms with van der Waals surface area (Å²) in [6, 6.07) is 9.25. The van der Waals surface area contributed by atoms with Crippen molar-refractivity contribution < 1.29 is 9.59 Å². The molecular weight excluding hydrogens is 366 g/mol. The lowest BCUT2D eigenvalue weighted by atomic mass is 10.1. The monoisotopic (exact) mass is 379 g/mol. The molecule has 0 fully saturated rings. The van der Waals surface area contributed by atoms with Crippen molar-refractivity contribution in [1.29, 1.82) is 0 Å². The van der Waals surface area contributed by atoms with Gasteiger partial charge >= 0.3 is 0 Å². The quantitative estimate of drug-likeness (QED) is 0.331. The topological polar surface area (TPSA) is 165 Å². The first-order valence-electron chi connectivity index (χ1n) is 8.15. The van der Waals surface area contributed by atoms with E-state index in [4.69, 9.17) is 0 Å². The first-order valence-corrected chi connectivity index (χ1v) is 8.15. The van der Waals surface area contributed by atoms with E-state index in [1.807, 2.05) is 0 Å². The molecule has 2 heterocycles. The number of rotatable bonds is 4. The predicted molar refractivity (Wildman–Crippen MR) is 100 cm³/mol. The van der Waals surface area contributed by atoms with Gasteiger partial charge in [0.15, 0.2) is 0 Å². The highest BCUT2D eigenvalue weighted by Gasteiger charge is 2.13. The minimum Gasteiger partial charge on any atom is -0.343 e. The van der Waals surface area contributed by atoms with E-state index in [1.54, 1.807) is 24.3 Å². The van der Waals surface area contributed by atoms with Crippen LogP contribution >= 0.6 is 0 Å². The Balaban J connectivity index is 1.48. The van der Waals surface area contributed by atoms with Gasteiger partial charge in [0.2, 0.25) is 5.91 Å². The number of carbonyl (C=O) groups excluding carboxylic acids is 2. The first-order chi connectivity index (χ1) is 13.5. The lowest BCUT2D eigenvalue weighted by Gasteiger charge is -2.09. The highest BCUT2D eigenvalue weighted by Crippen LogP contribution is 2.16. The zero-order valence-electron chi connectivity index (χ0n) is 14.2. The fourth-order valence-electron chi connectivity index (χ4n) is 2.77. The van der Waals surface area contributed by atoms with Crippen molar-refractivity contribution in [3.05, 3.63) is 62.7 Å². The van der Waals surface area contributed by atoms with Crippen molar-refractivity contribution in [2.24, 2.45) is 0 Å². The van der Waals surface area contributed by atoms with E-state index in [2.05, 4.69) is 36.2 Å². The standard InChI is InChI=1S/C17H13N7O4/c25-13(7-18-15(26)8-4-5-10-12(6-8)21-24-20-10)19-11-3-1-2-9-14(11)17(28)23-22-16(9)27/h1-6H,7H2,(H,18,26)(H,19,25)(H,22,27)(H,23,28)(H,20,21,24). The Morgan fingerprint density at radius 2 is 1.75 bits per heavy atom. The smallest absolute Gasteiger partial charge is 0.272 e. The van der Waals surface area contributed by atoms with Crippen LogP contribution in [0.5, 0.6) is 0 Å². The Morgan fingerprint density at radius 1 is 0.964 bits per heavy atom. The highest BCUT2D eigenvalue weighted by molar-refractivity contribution is 6.04. The maximum atomic E-state index is 12.2. The minimum atomic E-state index is -0.553. The summed E-state index contributed by atoms with van der Waals surface area (Å²) >= 11 is 0. The summed E-state index contributed by atoms with van der Waals surface area (Å²) in [6.07, 6.45) is 0. The maximum absolute atomic E-state index is 12.2. The predicted octanol–water partition coefficient (Wildman–Crippen LogP) is -0.144. The van der Waals surface area contributed by atoms with Crippen molar-refractivity contribution in [2.45, 2.75) is 0 Å². The molecule has 0 aliphatic carbocycles. The minimum absolute atomic E-state index is 0.0578. The van der Waals surface area contributed by atoms with Crippen molar-refractivity contribution in [2.75, 3.05) is 11.9 Å². The van der Waals surface area contributed by atoms with E-state index < -0.39 is 22.9 Å². The largest absolute Gasteiger partial charge is 0.343 e. The molecule has 28 heavy (non-hydrogen) atoms. The van der Waals surface area contributed by atoms with Crippen LogP contribution < -0.4 is 21.8 Å². The Labute approximate surface area is 155 Å². The Morgan fingerprint density at radius 3 is 2.61 bits per heavy atom. The molecule has 4 rings (SSSR count). The van der Waals surface area contributed by atoms with Crippen LogP contribution in [0, 0.1) is 0 Å². The van der Waals surface area contributed by atoms with E-state index in [0.717, 1.165) is 0 Å². The van der Waals surface area contributed by atoms with Crippen molar-refractivity contribution >= 4 is 39.3 Å². The average molecular weight is 379 g/mol. The molecule has 2 aromatic carbocycles. The van der Waals surface area contributed by atoms with Gasteiger partial charge in [0, 0.05) is 5.56 Å². The molecule has 0 saturated carbocycles. The Kier molecular flexibility index (Phi) is 4.16. The zero-order valence-corrected chi connectivity index (χ0v) is 14.2. The molecule has 140 valence electrons. The molecule has 0 unspecified atom stereocenters. The summed E-state index contributed by atoms with van der Waals surface area (Å²) in [5, 5.41) is 19.9. The lowest BCUT2D eigenvalue weighted by Crippen LogP contribution is -2.33. The number of aromatic nitrogens is 5. The van der Waals surface area contributed by atoms with Crippen LogP contribution in [0.1, 0.15) is 10.4 Å². The van der Waals surface area contributed by atoms with Gasteiger partial charge in [-0.2, -0.15) is 15.4 Å². The third-order valence-electron chi connectivity index (χ3n) is 4.09. The number of benzene rings is 2. The zero-order chi connectivity index (χ0) is 19.7. The van der Waals surface area contributed by atoms with Gasteiger partial charge in [0.25, 0.3) is 17.0 Å². The molecule has 0 bridgehead atoms. The van der Waals surface area contributed by atoms with Crippen LogP contribution in [0.25, 0.3) is 21.8 Å². The van der Waals surface area contributed by atoms with E-state index in [0.29, 0.717) is 16.6 Å². The molecule has 0 aliphatic rings. The first kappa shape index (κ1) is 17.1. The van der Waals surface area contributed by atoms with E-state index in [9.17, 15) is 19.2 Å². The molecule has 0 spiro atoms. The summed E-state index contributed by atoms with van der Waals surface area (Å²) in [5.74, 6) is -1.02. The molecule has 2 aromatic heterocycles. The Bertz CT molecular complexity index is 1330. The highest BCUT2D eigenvalue weighted by atomic mass is 16.2. The van der Waals surface area contributed by atoms with Gasteiger partial charge in [-0.3, -0.25) is 29.4 Å². The van der Waals surface area contributed by atoms with Gasteiger partial charge in [-0.1, -0.05) is 6.07 Å². The van der Waals surface area contributed by atoms with Crippen LogP contribution in [0.15, 0.2) is 46.0 Å². The summed E-state index contributed by atoms with van der Waals surface area (Å²) in [5.41, 5.74) is 0.607. The second kappa shape index (κ2) is 6.79. The van der Waals surface area contributed by atoms with Gasteiger partial charge in [-0.05, 0) is 30.3 Å².